The minimum absolute atomic E-state index is 0.134. The minimum Gasteiger partial charge on any atom is -0.390 e. The molecular weight excluding hydrogens is 302 g/mol. The van der Waals surface area contributed by atoms with E-state index in [2.05, 4.69) is 16.9 Å². The van der Waals surface area contributed by atoms with Gasteiger partial charge in [-0.05, 0) is 23.1 Å². The number of carbonyl (C=O) groups is 1. The van der Waals surface area contributed by atoms with Gasteiger partial charge in [-0.3, -0.25) is 14.8 Å². The molecule has 124 valence electrons. The molecule has 24 heavy (non-hydrogen) atoms. The van der Waals surface area contributed by atoms with Crippen LogP contribution in [0.25, 0.3) is 0 Å². The molecule has 5 nitrogen and oxygen atoms in total. The van der Waals surface area contributed by atoms with Crippen molar-refractivity contribution >= 4 is 11.6 Å². The first-order valence-corrected chi connectivity index (χ1v) is 8.08. The molecule has 1 atom stereocenters. The summed E-state index contributed by atoms with van der Waals surface area (Å²) in [7, 11) is 0. The lowest BCUT2D eigenvalue weighted by Gasteiger charge is -2.12. The van der Waals surface area contributed by atoms with Crippen molar-refractivity contribution in [2.45, 2.75) is 38.8 Å². The fourth-order valence-electron chi connectivity index (χ4n) is 3.13. The Bertz CT molecular complexity index is 785. The third-order valence-electron chi connectivity index (χ3n) is 4.34. The Morgan fingerprint density at radius 3 is 2.79 bits per heavy atom. The maximum absolute atomic E-state index is 12.4. The molecule has 2 heterocycles. The van der Waals surface area contributed by atoms with E-state index in [0.717, 1.165) is 16.7 Å². The molecule has 0 spiro atoms. The van der Waals surface area contributed by atoms with Crippen LogP contribution < -0.4 is 5.73 Å². The normalized spacial score (nSPS) is 14.2. The number of rotatable bonds is 6. The molecule has 0 bridgehead atoms. The Hall–Kier alpha value is -2.53. The maximum Gasteiger partial charge on any atom is 0.139 e. The van der Waals surface area contributed by atoms with Gasteiger partial charge >= 0.3 is 0 Å². The van der Waals surface area contributed by atoms with Crippen molar-refractivity contribution in [3.05, 3.63) is 64.5 Å². The zero-order valence-corrected chi connectivity index (χ0v) is 13.7. The number of Topliss-reactive ketones (excluding diaryl/α,β-unsaturated/α-hetero) is 1. The average Bonchev–Trinajstić information content (AvgIpc) is 2.96. The first-order valence-electron chi connectivity index (χ1n) is 8.08. The Morgan fingerprint density at radius 1 is 1.33 bits per heavy atom. The summed E-state index contributed by atoms with van der Waals surface area (Å²) in [6.45, 7) is 2.33. The molecule has 5 heteroatoms. The van der Waals surface area contributed by atoms with E-state index in [1.165, 1.54) is 0 Å². The van der Waals surface area contributed by atoms with Crippen LogP contribution in [0.2, 0.25) is 0 Å². The van der Waals surface area contributed by atoms with Gasteiger partial charge in [-0.2, -0.15) is 0 Å². The number of hydrogen-bond acceptors (Lipinski definition) is 5. The Morgan fingerprint density at radius 2 is 2.08 bits per heavy atom. The lowest BCUT2D eigenvalue weighted by atomic mass is 9.94. The number of pyridine rings is 1. The fourth-order valence-corrected chi connectivity index (χ4v) is 3.13. The number of hydrogen-bond donors (Lipinski definition) is 2. The molecule has 0 radical (unpaired) electrons. The van der Waals surface area contributed by atoms with Crippen molar-refractivity contribution in [1.29, 1.82) is 0 Å². The molecular formula is C19H21N3O2. The summed E-state index contributed by atoms with van der Waals surface area (Å²) in [4.78, 5) is 21.0. The number of aliphatic imine (C=N–C) groups is 1. The molecule has 0 fully saturated rings. The SMILES string of the molecule is C[C@@H](CC(=O)Cc1cc2c(c(CO)n1)C(N)=NC2)c1ccccc1. The lowest BCUT2D eigenvalue weighted by Crippen LogP contribution is -2.16. The topological polar surface area (TPSA) is 88.6 Å². The summed E-state index contributed by atoms with van der Waals surface area (Å²) in [5.74, 6) is 0.719. The summed E-state index contributed by atoms with van der Waals surface area (Å²) in [6.07, 6.45) is 0.729. The van der Waals surface area contributed by atoms with Crippen LogP contribution >= 0.6 is 0 Å². The Balaban J connectivity index is 1.71. The second-order valence-electron chi connectivity index (χ2n) is 6.19. The highest BCUT2D eigenvalue weighted by Gasteiger charge is 2.21. The van der Waals surface area contributed by atoms with E-state index >= 15 is 0 Å². The molecule has 1 aliphatic heterocycles. The van der Waals surface area contributed by atoms with E-state index in [-0.39, 0.29) is 24.7 Å². The van der Waals surface area contributed by atoms with Crippen LogP contribution in [0.5, 0.6) is 0 Å². The molecule has 3 N–H and O–H groups in total. The number of aliphatic hydroxyl groups excluding tert-OH is 1. The van der Waals surface area contributed by atoms with E-state index in [4.69, 9.17) is 5.73 Å². The van der Waals surface area contributed by atoms with Crippen molar-refractivity contribution in [3.8, 4) is 0 Å². The van der Waals surface area contributed by atoms with Crippen LogP contribution in [0.3, 0.4) is 0 Å². The van der Waals surface area contributed by atoms with Crippen LogP contribution in [0.4, 0.5) is 0 Å². The van der Waals surface area contributed by atoms with Gasteiger partial charge in [0.05, 0.1) is 18.8 Å². The largest absolute Gasteiger partial charge is 0.390 e. The van der Waals surface area contributed by atoms with Crippen LogP contribution in [-0.4, -0.2) is 21.7 Å². The number of ketones is 1. The predicted octanol–water partition coefficient (Wildman–Crippen LogP) is 2.10. The zero-order chi connectivity index (χ0) is 17.1. The van der Waals surface area contributed by atoms with E-state index in [1.807, 2.05) is 36.4 Å². The molecule has 1 aliphatic rings. The summed E-state index contributed by atoms with van der Waals surface area (Å²) >= 11 is 0. The van der Waals surface area contributed by atoms with Gasteiger partial charge in [0.1, 0.15) is 11.6 Å². The van der Waals surface area contributed by atoms with E-state index in [0.29, 0.717) is 30.2 Å². The Kier molecular flexibility index (Phi) is 4.71. The van der Waals surface area contributed by atoms with Gasteiger partial charge in [0, 0.05) is 24.1 Å². The van der Waals surface area contributed by atoms with Crippen molar-refractivity contribution in [2.24, 2.45) is 10.7 Å². The molecule has 1 aromatic carbocycles. The van der Waals surface area contributed by atoms with Gasteiger partial charge in [-0.1, -0.05) is 37.3 Å². The number of carbonyl (C=O) groups excluding carboxylic acids is 1. The second-order valence-corrected chi connectivity index (χ2v) is 6.19. The van der Waals surface area contributed by atoms with Crippen molar-refractivity contribution in [2.75, 3.05) is 0 Å². The monoisotopic (exact) mass is 323 g/mol. The second kappa shape index (κ2) is 6.93. The molecule has 0 unspecified atom stereocenters. The van der Waals surface area contributed by atoms with E-state index in [9.17, 15) is 9.90 Å². The van der Waals surface area contributed by atoms with E-state index < -0.39 is 0 Å². The van der Waals surface area contributed by atoms with Gasteiger partial charge in [-0.25, -0.2) is 0 Å². The van der Waals surface area contributed by atoms with Crippen LogP contribution in [0, 0.1) is 0 Å². The summed E-state index contributed by atoms with van der Waals surface area (Å²) in [5, 5.41) is 9.51. The first kappa shape index (κ1) is 16.3. The molecule has 0 saturated heterocycles. The van der Waals surface area contributed by atoms with Crippen LogP contribution in [0.15, 0.2) is 41.4 Å². The number of aromatic nitrogens is 1. The number of amidine groups is 1. The van der Waals surface area contributed by atoms with Crippen molar-refractivity contribution < 1.29 is 9.90 Å². The predicted molar refractivity (Wildman–Crippen MR) is 92.8 cm³/mol. The number of fused-ring (bicyclic) bond motifs is 1. The van der Waals surface area contributed by atoms with Crippen LogP contribution in [0.1, 0.15) is 47.3 Å². The smallest absolute Gasteiger partial charge is 0.139 e. The fraction of sp³-hybridized carbons (Fsp3) is 0.316. The van der Waals surface area contributed by atoms with Crippen molar-refractivity contribution in [1.82, 2.24) is 4.98 Å². The quantitative estimate of drug-likeness (QED) is 0.852. The van der Waals surface area contributed by atoms with Gasteiger partial charge < -0.3 is 10.8 Å². The molecule has 2 aromatic rings. The van der Waals surface area contributed by atoms with Gasteiger partial charge in [0.15, 0.2) is 0 Å². The van der Waals surface area contributed by atoms with Crippen LogP contribution in [-0.2, 0) is 24.4 Å². The summed E-state index contributed by atoms with van der Waals surface area (Å²) < 4.78 is 0. The highest BCUT2D eigenvalue weighted by Crippen LogP contribution is 2.23. The van der Waals surface area contributed by atoms with Gasteiger partial charge in [0.25, 0.3) is 0 Å². The summed E-state index contributed by atoms with van der Waals surface area (Å²) in [5.41, 5.74) is 9.84. The lowest BCUT2D eigenvalue weighted by molar-refractivity contribution is -0.118. The summed E-state index contributed by atoms with van der Waals surface area (Å²) in [6, 6.07) is 11.9. The standard InChI is InChI=1S/C19H21N3O2/c1-12(13-5-3-2-4-6-13)7-16(24)9-15-8-14-10-21-19(20)18(14)17(11-23)22-15/h2-6,8,12,23H,7,9-11H2,1H3,(H2,20,21)/t12-/m0/s1. The number of benzene rings is 1. The number of aliphatic hydroxyl groups is 1. The molecule has 1 aromatic heterocycles. The van der Waals surface area contributed by atoms with Crippen molar-refractivity contribution in [3.63, 3.8) is 0 Å². The molecule has 3 rings (SSSR count). The molecule has 0 saturated carbocycles. The average molecular weight is 323 g/mol. The number of nitrogens with two attached hydrogens (primary N) is 1. The maximum atomic E-state index is 12.4. The zero-order valence-electron chi connectivity index (χ0n) is 13.7. The van der Waals surface area contributed by atoms with Gasteiger partial charge in [-0.15, -0.1) is 0 Å². The molecule has 0 aliphatic carbocycles. The van der Waals surface area contributed by atoms with E-state index in [1.54, 1.807) is 0 Å². The Labute approximate surface area is 141 Å². The highest BCUT2D eigenvalue weighted by atomic mass is 16.3. The highest BCUT2D eigenvalue weighted by molar-refractivity contribution is 6.01. The number of nitrogens with zero attached hydrogens (tertiary/aromatic N) is 2. The first-order chi connectivity index (χ1) is 11.6. The van der Waals surface area contributed by atoms with Gasteiger partial charge in [0.2, 0.25) is 0 Å². The third-order valence-corrected chi connectivity index (χ3v) is 4.34. The minimum atomic E-state index is -0.207. The molecule has 0 amide bonds. The third kappa shape index (κ3) is 3.36.